The first-order valence-electron chi connectivity index (χ1n) is 5.15. The number of aromatic carboxylic acids is 1. The molecule has 1 rings (SSSR count). The second-order valence-electron chi connectivity index (χ2n) is 3.61. The Kier molecular flexibility index (Phi) is 4.53. The number of carboxylic acids is 1. The van der Waals surface area contributed by atoms with Crippen LogP contribution in [0, 0.1) is 0 Å². The number of rotatable bonds is 5. The predicted octanol–water partition coefficient (Wildman–Crippen LogP) is 1.61. The molecule has 0 saturated carbocycles. The smallest absolute Gasteiger partial charge is 0.337 e. The van der Waals surface area contributed by atoms with E-state index in [0.29, 0.717) is 6.42 Å². The summed E-state index contributed by atoms with van der Waals surface area (Å²) < 4.78 is 24.6. The lowest BCUT2D eigenvalue weighted by Gasteiger charge is -2.18. The van der Waals surface area contributed by atoms with Crippen molar-refractivity contribution < 1.29 is 18.3 Å². The third-order valence-electron chi connectivity index (χ3n) is 2.27. The fourth-order valence-electron chi connectivity index (χ4n) is 1.30. The van der Waals surface area contributed by atoms with Gasteiger partial charge in [-0.1, -0.05) is 18.5 Å². The van der Waals surface area contributed by atoms with E-state index in [0.717, 1.165) is 16.6 Å². The summed E-state index contributed by atoms with van der Waals surface area (Å²) in [5, 5.41) is 8.86. The topological polar surface area (TPSA) is 87.6 Å². The Balaban J connectivity index is 3.19. The van der Waals surface area contributed by atoms with Crippen molar-refractivity contribution in [2.75, 3.05) is 17.1 Å². The van der Waals surface area contributed by atoms with Crippen molar-refractivity contribution in [3.05, 3.63) is 22.8 Å². The third-order valence-corrected chi connectivity index (χ3v) is 4.52. The van der Waals surface area contributed by atoms with Crippen LogP contribution in [0.15, 0.2) is 12.3 Å². The van der Waals surface area contributed by atoms with Gasteiger partial charge in [0.05, 0.1) is 16.3 Å². The highest BCUT2D eigenvalue weighted by molar-refractivity contribution is 7.92. The maximum absolute atomic E-state index is 11.8. The Morgan fingerprint density at radius 1 is 1.56 bits per heavy atom. The van der Waals surface area contributed by atoms with Crippen LogP contribution in [0.4, 0.5) is 5.82 Å². The number of aromatic nitrogens is 1. The number of hydrogen-bond acceptors (Lipinski definition) is 4. The second kappa shape index (κ2) is 5.53. The molecule has 0 amide bonds. The van der Waals surface area contributed by atoms with Crippen LogP contribution in [0.2, 0.25) is 5.02 Å². The normalized spacial score (nSPS) is 11.3. The first kappa shape index (κ1) is 14.7. The number of pyridine rings is 1. The lowest BCUT2D eigenvalue weighted by Crippen LogP contribution is -2.29. The van der Waals surface area contributed by atoms with E-state index in [2.05, 4.69) is 4.98 Å². The molecule has 0 aromatic carbocycles. The zero-order valence-corrected chi connectivity index (χ0v) is 11.5. The monoisotopic (exact) mass is 292 g/mol. The minimum Gasteiger partial charge on any atom is -0.478 e. The van der Waals surface area contributed by atoms with Crippen molar-refractivity contribution in [2.24, 2.45) is 0 Å². The van der Waals surface area contributed by atoms with Gasteiger partial charge in [0, 0.05) is 13.2 Å². The van der Waals surface area contributed by atoms with Gasteiger partial charge in [-0.05, 0) is 12.5 Å². The quantitative estimate of drug-likeness (QED) is 0.891. The summed E-state index contributed by atoms with van der Waals surface area (Å²) in [5.41, 5.74) is -0.180. The molecule has 0 radical (unpaired) electrons. The van der Waals surface area contributed by atoms with Crippen molar-refractivity contribution in [3.63, 3.8) is 0 Å². The van der Waals surface area contributed by atoms with Gasteiger partial charge >= 0.3 is 5.97 Å². The van der Waals surface area contributed by atoms with Crippen LogP contribution < -0.4 is 4.31 Å². The number of anilines is 1. The van der Waals surface area contributed by atoms with Crippen molar-refractivity contribution in [2.45, 2.75) is 13.3 Å². The Morgan fingerprint density at radius 2 is 2.17 bits per heavy atom. The molecule has 1 aromatic heterocycles. The van der Waals surface area contributed by atoms with E-state index in [1.165, 1.54) is 7.05 Å². The number of carbonyl (C=O) groups is 1. The summed E-state index contributed by atoms with van der Waals surface area (Å²) in [6.07, 6.45) is 1.59. The maximum atomic E-state index is 11.8. The van der Waals surface area contributed by atoms with Crippen molar-refractivity contribution in [3.8, 4) is 0 Å². The van der Waals surface area contributed by atoms with E-state index in [9.17, 15) is 13.2 Å². The Hall–Kier alpha value is -1.34. The molecule has 8 heteroatoms. The molecule has 0 aliphatic heterocycles. The van der Waals surface area contributed by atoms with Gasteiger partial charge in [0.1, 0.15) is 5.82 Å². The van der Waals surface area contributed by atoms with Gasteiger partial charge in [0.2, 0.25) is 10.0 Å². The minimum atomic E-state index is -3.48. The molecule has 18 heavy (non-hydrogen) atoms. The van der Waals surface area contributed by atoms with E-state index in [1.807, 2.05) is 0 Å². The largest absolute Gasteiger partial charge is 0.478 e. The average Bonchev–Trinajstić information content (AvgIpc) is 2.28. The van der Waals surface area contributed by atoms with Gasteiger partial charge < -0.3 is 5.11 Å². The number of halogens is 1. The van der Waals surface area contributed by atoms with E-state index >= 15 is 0 Å². The Labute approximate surface area is 110 Å². The molecule has 0 aliphatic carbocycles. The highest BCUT2D eigenvalue weighted by atomic mass is 35.5. The highest BCUT2D eigenvalue weighted by Crippen LogP contribution is 2.21. The SMILES string of the molecule is CCCS(=O)(=O)N(C)c1cc(C(=O)O)c(Cl)cn1. The van der Waals surface area contributed by atoms with Crippen LogP contribution in [-0.2, 0) is 10.0 Å². The lowest BCUT2D eigenvalue weighted by molar-refractivity contribution is 0.0697. The van der Waals surface area contributed by atoms with Crippen LogP contribution in [-0.4, -0.2) is 37.3 Å². The van der Waals surface area contributed by atoms with Gasteiger partial charge in [0.25, 0.3) is 0 Å². The molecular formula is C10H13ClN2O4S. The molecule has 0 spiro atoms. The molecule has 0 bridgehead atoms. The van der Waals surface area contributed by atoms with Crippen LogP contribution in [0.25, 0.3) is 0 Å². The molecule has 6 nitrogen and oxygen atoms in total. The fourth-order valence-corrected chi connectivity index (χ4v) is 2.66. The molecule has 0 aliphatic rings. The number of carboxylic acid groups (broad SMARTS) is 1. The molecule has 0 fully saturated rings. The summed E-state index contributed by atoms with van der Waals surface area (Å²) in [6.45, 7) is 1.74. The molecule has 100 valence electrons. The Bertz CT molecular complexity index is 559. The molecular weight excluding hydrogens is 280 g/mol. The summed E-state index contributed by atoms with van der Waals surface area (Å²) in [7, 11) is -2.16. The number of nitrogens with zero attached hydrogens (tertiary/aromatic N) is 2. The molecule has 1 heterocycles. The van der Waals surface area contributed by atoms with Gasteiger partial charge in [-0.15, -0.1) is 0 Å². The molecule has 0 atom stereocenters. The van der Waals surface area contributed by atoms with E-state index in [-0.39, 0.29) is 22.2 Å². The molecule has 0 unspecified atom stereocenters. The standard InChI is InChI=1S/C10H13ClN2O4S/c1-3-4-18(16,17)13(2)9-5-7(10(14)15)8(11)6-12-9/h5-6H,3-4H2,1-2H3,(H,14,15). The van der Waals surface area contributed by atoms with Crippen molar-refractivity contribution in [1.29, 1.82) is 0 Å². The van der Waals surface area contributed by atoms with E-state index in [4.69, 9.17) is 16.7 Å². The van der Waals surface area contributed by atoms with Gasteiger partial charge in [-0.2, -0.15) is 0 Å². The van der Waals surface area contributed by atoms with E-state index in [1.54, 1.807) is 6.92 Å². The summed E-state index contributed by atoms with van der Waals surface area (Å²) in [4.78, 5) is 14.7. The van der Waals surface area contributed by atoms with Crippen LogP contribution in [0.3, 0.4) is 0 Å². The van der Waals surface area contributed by atoms with Gasteiger partial charge in [-0.3, -0.25) is 4.31 Å². The minimum absolute atomic E-state index is 0.0315. The third kappa shape index (κ3) is 3.11. The zero-order chi connectivity index (χ0) is 13.9. The van der Waals surface area contributed by atoms with Crippen LogP contribution in [0.1, 0.15) is 23.7 Å². The van der Waals surface area contributed by atoms with Crippen LogP contribution in [0.5, 0.6) is 0 Å². The summed E-state index contributed by atoms with van der Waals surface area (Å²) in [5.74, 6) is -1.23. The fraction of sp³-hybridized carbons (Fsp3) is 0.400. The van der Waals surface area contributed by atoms with Crippen molar-refractivity contribution in [1.82, 2.24) is 4.98 Å². The highest BCUT2D eigenvalue weighted by Gasteiger charge is 2.20. The van der Waals surface area contributed by atoms with Gasteiger partial charge in [0.15, 0.2) is 0 Å². The average molecular weight is 293 g/mol. The summed E-state index contributed by atoms with van der Waals surface area (Å²) >= 11 is 5.66. The van der Waals surface area contributed by atoms with Gasteiger partial charge in [-0.25, -0.2) is 18.2 Å². The molecule has 1 aromatic rings. The first-order chi connectivity index (χ1) is 8.29. The lowest BCUT2D eigenvalue weighted by atomic mass is 10.2. The second-order valence-corrected chi connectivity index (χ2v) is 6.14. The van der Waals surface area contributed by atoms with Crippen molar-refractivity contribution >= 4 is 33.4 Å². The zero-order valence-electron chi connectivity index (χ0n) is 9.92. The van der Waals surface area contributed by atoms with E-state index < -0.39 is 16.0 Å². The summed E-state index contributed by atoms with van der Waals surface area (Å²) in [6, 6.07) is 1.14. The maximum Gasteiger partial charge on any atom is 0.337 e. The first-order valence-corrected chi connectivity index (χ1v) is 7.13. The number of hydrogen-bond donors (Lipinski definition) is 1. The number of sulfonamides is 1. The van der Waals surface area contributed by atoms with Crippen LogP contribution >= 0.6 is 11.6 Å². The Morgan fingerprint density at radius 3 is 2.67 bits per heavy atom. The predicted molar refractivity (Wildman–Crippen MR) is 68.7 cm³/mol. The molecule has 0 saturated heterocycles. The molecule has 1 N–H and O–H groups in total.